The number of ether oxygens (including phenoxy) is 1. The number of hydrogen-bond acceptors (Lipinski definition) is 8. The quantitative estimate of drug-likeness (QED) is 0.124. The Kier molecular flexibility index (Phi) is 9.55. The smallest absolute Gasteiger partial charge is 0.273 e. The molecule has 55 heavy (non-hydrogen) atoms. The van der Waals surface area contributed by atoms with Crippen molar-refractivity contribution in [2.24, 2.45) is 17.8 Å². The predicted octanol–water partition coefficient (Wildman–Crippen LogP) is 6.68. The van der Waals surface area contributed by atoms with Gasteiger partial charge < -0.3 is 30.2 Å². The standard InChI is InChI=1S/C45H46N4O6/c1-25(2)37-43-49-38(42(53)46-24-31(28-13-7-5-8-14-28)29-15-9-6-10-16-29)40(55-43)45-32-17-11-12-18-34(32)47-44(45)54-36-20-19-27(22-33(36)45)21-30(41(52)48-37)23-35(50)39(51)26(3)4/h5-20,22,25-26,30-31,37,39,44,47,51H,21,23-24H2,1-4H3,(H,46,53)(H,48,52)/t30?,37-,39-,44-,45?/m0/s1. The van der Waals surface area contributed by atoms with Gasteiger partial charge in [-0.3, -0.25) is 14.4 Å². The molecule has 3 aliphatic rings. The number of carbonyl (C=O) groups excluding carboxylic acids is 3. The van der Waals surface area contributed by atoms with E-state index in [0.717, 1.165) is 33.5 Å². The molecule has 10 heteroatoms. The van der Waals surface area contributed by atoms with E-state index in [-0.39, 0.29) is 53.9 Å². The molecule has 10 nitrogen and oxygen atoms in total. The largest absolute Gasteiger partial charge is 0.469 e. The molecule has 2 amide bonds. The van der Waals surface area contributed by atoms with E-state index in [4.69, 9.17) is 14.1 Å². The van der Waals surface area contributed by atoms with E-state index in [9.17, 15) is 19.5 Å². The van der Waals surface area contributed by atoms with Crippen LogP contribution < -0.4 is 20.7 Å². The number of hydrogen-bond donors (Lipinski definition) is 4. The minimum Gasteiger partial charge on any atom is -0.469 e. The number of amides is 2. The zero-order valence-corrected chi connectivity index (χ0v) is 31.4. The number of oxazole rings is 1. The monoisotopic (exact) mass is 738 g/mol. The molecule has 2 unspecified atom stereocenters. The summed E-state index contributed by atoms with van der Waals surface area (Å²) in [6.45, 7) is 7.74. The van der Waals surface area contributed by atoms with Gasteiger partial charge in [0.25, 0.3) is 5.91 Å². The summed E-state index contributed by atoms with van der Waals surface area (Å²) in [6, 6.07) is 33.1. The summed E-state index contributed by atoms with van der Waals surface area (Å²) in [7, 11) is 0. The van der Waals surface area contributed by atoms with Crippen LogP contribution in [0.2, 0.25) is 0 Å². The first-order valence-corrected chi connectivity index (χ1v) is 19.1. The molecule has 0 fully saturated rings. The first kappa shape index (κ1) is 36.2. The highest BCUT2D eigenvalue weighted by Gasteiger charge is 2.61. The van der Waals surface area contributed by atoms with Crippen molar-refractivity contribution in [3.63, 3.8) is 0 Å². The van der Waals surface area contributed by atoms with Crippen LogP contribution in [-0.2, 0) is 21.4 Å². The van der Waals surface area contributed by atoms with Gasteiger partial charge in [-0.15, -0.1) is 0 Å². The third-order valence-corrected chi connectivity index (χ3v) is 11.3. The molecule has 0 saturated carbocycles. The lowest BCUT2D eigenvalue weighted by Gasteiger charge is -2.29. The van der Waals surface area contributed by atoms with Crippen LogP contribution in [0.4, 0.5) is 5.69 Å². The molecule has 5 aromatic rings. The fourth-order valence-corrected chi connectivity index (χ4v) is 8.38. The second kappa shape index (κ2) is 14.5. The lowest BCUT2D eigenvalue weighted by Crippen LogP contribution is -2.42. The van der Waals surface area contributed by atoms with Crippen LogP contribution in [0, 0.1) is 17.8 Å². The number of rotatable bonds is 10. The van der Waals surface area contributed by atoms with Crippen LogP contribution in [-0.4, -0.2) is 46.6 Å². The molecule has 0 saturated heterocycles. The van der Waals surface area contributed by atoms with Crippen LogP contribution in [0.1, 0.15) is 96.0 Å². The molecule has 4 bridgehead atoms. The van der Waals surface area contributed by atoms with Crippen molar-refractivity contribution in [3.8, 4) is 5.75 Å². The van der Waals surface area contributed by atoms with Crippen molar-refractivity contribution in [1.82, 2.24) is 15.6 Å². The third kappa shape index (κ3) is 6.38. The normalized spacial score (nSPS) is 21.5. The van der Waals surface area contributed by atoms with Crippen LogP contribution in [0.5, 0.6) is 5.75 Å². The van der Waals surface area contributed by atoms with Crippen molar-refractivity contribution in [2.45, 2.75) is 70.2 Å². The fraction of sp³-hybridized carbons (Fsp3) is 0.333. The van der Waals surface area contributed by atoms with Gasteiger partial charge in [-0.05, 0) is 52.6 Å². The van der Waals surface area contributed by atoms with Gasteiger partial charge in [0.2, 0.25) is 11.8 Å². The average Bonchev–Trinajstić information content (AvgIpc) is 3.86. The molecule has 4 N–H and O–H groups in total. The maximum Gasteiger partial charge on any atom is 0.273 e. The maximum atomic E-state index is 14.8. The van der Waals surface area contributed by atoms with E-state index in [1.165, 1.54) is 0 Å². The number of benzene rings is 4. The van der Waals surface area contributed by atoms with Gasteiger partial charge in [-0.1, -0.05) is 119 Å². The Hall–Kier alpha value is -5.74. The maximum absolute atomic E-state index is 14.8. The second-order valence-corrected chi connectivity index (χ2v) is 15.6. The van der Waals surface area contributed by atoms with Gasteiger partial charge in [0.05, 0.1) is 0 Å². The number of aromatic nitrogens is 1. The van der Waals surface area contributed by atoms with E-state index in [2.05, 4.69) is 40.2 Å². The Balaban J connectivity index is 1.27. The highest BCUT2D eigenvalue weighted by Crippen LogP contribution is 2.58. The second-order valence-electron chi connectivity index (χ2n) is 15.6. The van der Waals surface area contributed by atoms with Gasteiger partial charge in [0, 0.05) is 36.1 Å². The van der Waals surface area contributed by atoms with Crippen LogP contribution in [0.25, 0.3) is 0 Å². The van der Waals surface area contributed by atoms with Crippen LogP contribution >= 0.6 is 0 Å². The summed E-state index contributed by atoms with van der Waals surface area (Å²) < 4.78 is 13.5. The van der Waals surface area contributed by atoms with E-state index in [0.29, 0.717) is 18.1 Å². The van der Waals surface area contributed by atoms with Crippen molar-refractivity contribution in [3.05, 3.63) is 148 Å². The minimum atomic E-state index is -1.19. The summed E-state index contributed by atoms with van der Waals surface area (Å²) in [5.74, 6) is -1.47. The Morgan fingerprint density at radius 3 is 2.24 bits per heavy atom. The van der Waals surface area contributed by atoms with Crippen molar-refractivity contribution < 1.29 is 28.6 Å². The van der Waals surface area contributed by atoms with E-state index >= 15 is 0 Å². The van der Waals surface area contributed by atoms with E-state index < -0.39 is 35.6 Å². The Morgan fingerprint density at radius 1 is 0.891 bits per heavy atom. The van der Waals surface area contributed by atoms with Crippen molar-refractivity contribution in [2.75, 3.05) is 11.9 Å². The zero-order valence-electron chi connectivity index (χ0n) is 31.4. The third-order valence-electron chi connectivity index (χ3n) is 11.3. The summed E-state index contributed by atoms with van der Waals surface area (Å²) in [5, 5.41) is 20.6. The first-order chi connectivity index (χ1) is 26.6. The van der Waals surface area contributed by atoms with Crippen molar-refractivity contribution in [1.29, 1.82) is 0 Å². The molecule has 3 aliphatic heterocycles. The van der Waals surface area contributed by atoms with Gasteiger partial charge in [0.15, 0.2) is 23.5 Å². The Labute approximate surface area is 320 Å². The molecule has 4 aromatic carbocycles. The number of aliphatic hydroxyl groups is 1. The average molecular weight is 739 g/mol. The number of Topliss-reactive ketones (excluding diaryl/α,β-unsaturated/α-hetero) is 1. The topological polar surface area (TPSA) is 143 Å². The molecule has 0 radical (unpaired) electrons. The highest BCUT2D eigenvalue weighted by molar-refractivity contribution is 5.95. The van der Waals surface area contributed by atoms with Gasteiger partial charge in [-0.2, -0.15) is 0 Å². The number of aliphatic hydroxyl groups excluding tert-OH is 1. The van der Waals surface area contributed by atoms with E-state index in [1.54, 1.807) is 13.8 Å². The highest BCUT2D eigenvalue weighted by atomic mass is 16.5. The Morgan fingerprint density at radius 2 is 1.56 bits per heavy atom. The lowest BCUT2D eigenvalue weighted by molar-refractivity contribution is -0.135. The minimum absolute atomic E-state index is 0.103. The Bertz CT molecular complexity index is 2200. The number of nitrogens with zero attached hydrogens (tertiary/aromatic N) is 1. The molecular formula is C45H46N4O6. The van der Waals surface area contributed by atoms with Gasteiger partial charge in [-0.25, -0.2) is 4.98 Å². The molecule has 4 heterocycles. The summed E-state index contributed by atoms with van der Waals surface area (Å²) in [4.78, 5) is 47.2. The zero-order chi connectivity index (χ0) is 38.4. The predicted molar refractivity (Wildman–Crippen MR) is 208 cm³/mol. The summed E-state index contributed by atoms with van der Waals surface area (Å²) in [6.07, 6.45) is -1.75. The van der Waals surface area contributed by atoms with Crippen LogP contribution in [0.15, 0.2) is 108 Å². The molecule has 1 spiro atoms. The number of nitrogens with one attached hydrogen (secondary N) is 3. The van der Waals surface area contributed by atoms with E-state index in [1.807, 2.05) is 92.7 Å². The number of para-hydroxylation sites is 1. The molecule has 8 rings (SSSR count). The number of fused-ring (bicyclic) bond motifs is 4. The molecule has 0 aliphatic carbocycles. The summed E-state index contributed by atoms with van der Waals surface area (Å²) >= 11 is 0. The number of ketones is 1. The fourth-order valence-electron chi connectivity index (χ4n) is 8.38. The SMILES string of the molecule is CC(C)[C@H](O)C(=O)CC1Cc2ccc3c(c2)C2(c4ccccc4N[C@H]2O3)c2oc(nc2C(=O)NCC(c2ccccc2)c2ccccc2)[C@H](C(C)C)NC1=O. The summed E-state index contributed by atoms with van der Waals surface area (Å²) in [5.41, 5.74) is 4.38. The van der Waals surface area contributed by atoms with Gasteiger partial charge >= 0.3 is 0 Å². The molecule has 282 valence electrons. The molecular weight excluding hydrogens is 693 g/mol. The molecule has 5 atom stereocenters. The molecule has 1 aromatic heterocycles. The van der Waals surface area contributed by atoms with Crippen LogP contribution in [0.3, 0.4) is 0 Å². The number of carbonyl (C=O) groups is 3. The number of anilines is 1. The lowest BCUT2D eigenvalue weighted by atomic mass is 9.72. The first-order valence-electron chi connectivity index (χ1n) is 19.1. The van der Waals surface area contributed by atoms with Crippen molar-refractivity contribution >= 4 is 23.3 Å². The van der Waals surface area contributed by atoms with Gasteiger partial charge in [0.1, 0.15) is 23.3 Å².